The van der Waals surface area contributed by atoms with Crippen molar-refractivity contribution in [1.82, 2.24) is 4.98 Å². The minimum absolute atomic E-state index is 0.392. The average Bonchev–Trinajstić information content (AvgIpc) is 2.68. The molecule has 0 spiro atoms. The summed E-state index contributed by atoms with van der Waals surface area (Å²) in [5, 5.41) is 0. The van der Waals surface area contributed by atoms with E-state index in [-0.39, 0.29) is 0 Å². The van der Waals surface area contributed by atoms with Crippen molar-refractivity contribution in [1.29, 1.82) is 0 Å². The van der Waals surface area contributed by atoms with E-state index in [1.54, 1.807) is 9.72 Å². The zero-order valence-corrected chi connectivity index (χ0v) is 11.3. The molecule has 0 saturated heterocycles. The van der Waals surface area contributed by atoms with Gasteiger partial charge in [0, 0.05) is 0 Å². The Hall–Kier alpha value is -0.701. The first-order valence-corrected chi connectivity index (χ1v) is 8.54. The molecule has 0 unspecified atom stereocenters. The van der Waals surface area contributed by atoms with Crippen LogP contribution in [-0.4, -0.2) is 24.9 Å². The van der Waals surface area contributed by atoms with E-state index in [9.17, 15) is 0 Å². The SMILES string of the molecule is CCN=c1nc(-c2ccc(C)cc2)[se]s1. The van der Waals surface area contributed by atoms with E-state index < -0.39 is 0 Å². The van der Waals surface area contributed by atoms with Crippen molar-refractivity contribution in [3.8, 4) is 10.1 Å². The Bertz CT molecular complexity index is 496. The second kappa shape index (κ2) is 4.88. The summed E-state index contributed by atoms with van der Waals surface area (Å²) in [4.78, 5) is 9.81. The molecule has 4 heteroatoms. The van der Waals surface area contributed by atoms with Gasteiger partial charge in [-0.15, -0.1) is 0 Å². The van der Waals surface area contributed by atoms with Gasteiger partial charge in [-0.2, -0.15) is 0 Å². The van der Waals surface area contributed by atoms with Crippen LogP contribution in [0.15, 0.2) is 29.3 Å². The predicted octanol–water partition coefficient (Wildman–Crippen LogP) is 2.10. The van der Waals surface area contributed by atoms with E-state index in [1.807, 2.05) is 6.92 Å². The quantitative estimate of drug-likeness (QED) is 0.775. The van der Waals surface area contributed by atoms with E-state index in [0.717, 1.165) is 11.3 Å². The number of benzene rings is 1. The van der Waals surface area contributed by atoms with Gasteiger partial charge in [-0.1, -0.05) is 0 Å². The third kappa shape index (κ3) is 2.65. The van der Waals surface area contributed by atoms with Crippen LogP contribution in [0.25, 0.3) is 10.1 Å². The van der Waals surface area contributed by atoms with Crippen molar-refractivity contribution in [2.75, 3.05) is 6.54 Å². The number of nitrogens with zero attached hydrogens (tertiary/aromatic N) is 2. The molecule has 1 aromatic heterocycles. The molecule has 0 radical (unpaired) electrons. The van der Waals surface area contributed by atoms with Crippen LogP contribution < -0.4 is 4.80 Å². The van der Waals surface area contributed by atoms with Crippen LogP contribution in [0.4, 0.5) is 0 Å². The zero-order valence-electron chi connectivity index (χ0n) is 8.73. The third-order valence-corrected chi connectivity index (χ3v) is 5.74. The molecule has 78 valence electrons. The summed E-state index contributed by atoms with van der Waals surface area (Å²) in [6, 6.07) is 8.55. The minimum atomic E-state index is 0.392. The maximum atomic E-state index is 4.54. The number of hydrogen-bond acceptors (Lipinski definition) is 3. The van der Waals surface area contributed by atoms with E-state index in [4.69, 9.17) is 0 Å². The molecular formula is C11H12N2SSe. The van der Waals surface area contributed by atoms with E-state index in [1.165, 1.54) is 15.7 Å². The van der Waals surface area contributed by atoms with E-state index >= 15 is 0 Å². The molecule has 0 atom stereocenters. The van der Waals surface area contributed by atoms with Crippen molar-refractivity contribution < 1.29 is 0 Å². The van der Waals surface area contributed by atoms with E-state index in [2.05, 4.69) is 41.2 Å². The van der Waals surface area contributed by atoms with Gasteiger partial charge in [-0.05, 0) is 0 Å². The normalized spacial score (nSPS) is 12.0. The van der Waals surface area contributed by atoms with Crippen molar-refractivity contribution in [3.05, 3.63) is 34.6 Å². The summed E-state index contributed by atoms with van der Waals surface area (Å²) in [5.74, 6) is 0. The first kappa shape index (κ1) is 10.8. The molecule has 0 N–H and O–H groups in total. The Morgan fingerprint density at radius 1 is 1.33 bits per heavy atom. The van der Waals surface area contributed by atoms with Gasteiger partial charge in [0.25, 0.3) is 0 Å². The fourth-order valence-electron chi connectivity index (χ4n) is 1.21. The van der Waals surface area contributed by atoms with Crippen LogP contribution in [0.5, 0.6) is 0 Å². The standard InChI is InChI=1S/C11H12N2SSe/c1-3-12-11-13-10(15-14-11)9-6-4-8(2)5-7-9/h4-7H,3H2,1-2H3. The van der Waals surface area contributed by atoms with Crippen LogP contribution in [0.3, 0.4) is 0 Å². The molecule has 0 aliphatic heterocycles. The second-order valence-corrected chi connectivity index (χ2v) is 6.81. The molecule has 1 heterocycles. The van der Waals surface area contributed by atoms with Crippen LogP contribution in [-0.2, 0) is 0 Å². The fourth-order valence-corrected chi connectivity index (χ4v) is 4.77. The van der Waals surface area contributed by atoms with Crippen LogP contribution in [0.2, 0.25) is 0 Å². The first-order chi connectivity index (χ1) is 7.29. The molecule has 2 aromatic rings. The van der Waals surface area contributed by atoms with Crippen LogP contribution in [0, 0.1) is 6.92 Å². The van der Waals surface area contributed by atoms with Crippen molar-refractivity contribution in [2.24, 2.45) is 4.99 Å². The molecule has 0 saturated carbocycles. The second-order valence-electron chi connectivity index (χ2n) is 3.21. The topological polar surface area (TPSA) is 25.2 Å². The molecule has 1 aromatic carbocycles. The summed E-state index contributed by atoms with van der Waals surface area (Å²) in [6.45, 7) is 4.97. The number of rotatable bonds is 2. The van der Waals surface area contributed by atoms with Crippen molar-refractivity contribution in [2.45, 2.75) is 13.8 Å². The third-order valence-electron chi connectivity index (χ3n) is 1.98. The zero-order chi connectivity index (χ0) is 10.7. The number of aryl methyl sites for hydroxylation is 1. The number of hydrogen-bond donors (Lipinski definition) is 0. The Morgan fingerprint density at radius 3 is 2.73 bits per heavy atom. The van der Waals surface area contributed by atoms with Crippen molar-refractivity contribution >= 4 is 23.1 Å². The molecule has 0 bridgehead atoms. The number of aromatic nitrogens is 1. The van der Waals surface area contributed by atoms with Gasteiger partial charge in [0.1, 0.15) is 0 Å². The van der Waals surface area contributed by atoms with Crippen molar-refractivity contribution in [3.63, 3.8) is 0 Å². The predicted molar refractivity (Wildman–Crippen MR) is 65.3 cm³/mol. The summed E-state index contributed by atoms with van der Waals surface area (Å²) < 4.78 is 1.21. The van der Waals surface area contributed by atoms with Gasteiger partial charge in [-0.25, -0.2) is 0 Å². The molecule has 0 fully saturated rings. The van der Waals surface area contributed by atoms with Gasteiger partial charge >= 0.3 is 98.2 Å². The van der Waals surface area contributed by atoms with Crippen LogP contribution in [0.1, 0.15) is 12.5 Å². The first-order valence-electron chi connectivity index (χ1n) is 4.84. The summed E-state index contributed by atoms with van der Waals surface area (Å²) >= 11 is 0.392. The Balaban J connectivity index is 2.37. The van der Waals surface area contributed by atoms with Gasteiger partial charge in [0.2, 0.25) is 0 Å². The molecule has 15 heavy (non-hydrogen) atoms. The van der Waals surface area contributed by atoms with Gasteiger partial charge in [0.15, 0.2) is 0 Å². The monoisotopic (exact) mass is 284 g/mol. The van der Waals surface area contributed by atoms with Gasteiger partial charge < -0.3 is 0 Å². The van der Waals surface area contributed by atoms with Gasteiger partial charge in [-0.3, -0.25) is 0 Å². The van der Waals surface area contributed by atoms with Crippen LogP contribution >= 0.6 is 9.72 Å². The summed E-state index contributed by atoms with van der Waals surface area (Å²) in [7, 11) is 1.78. The Kier molecular flexibility index (Phi) is 3.52. The summed E-state index contributed by atoms with van der Waals surface area (Å²) in [6.07, 6.45) is 0. The molecular weight excluding hydrogens is 271 g/mol. The average molecular weight is 283 g/mol. The maximum absolute atomic E-state index is 4.54. The molecule has 0 aliphatic carbocycles. The molecule has 2 rings (SSSR count). The molecule has 2 nitrogen and oxygen atoms in total. The Morgan fingerprint density at radius 2 is 2.07 bits per heavy atom. The van der Waals surface area contributed by atoms with Gasteiger partial charge in [0.05, 0.1) is 0 Å². The Labute approximate surface area is 98.1 Å². The fraction of sp³-hybridized carbons (Fsp3) is 0.273. The van der Waals surface area contributed by atoms with E-state index in [0.29, 0.717) is 13.3 Å². The molecule has 0 amide bonds. The molecule has 0 aliphatic rings. The summed E-state index contributed by atoms with van der Waals surface area (Å²) in [5.41, 5.74) is 2.54.